The molecule has 0 saturated heterocycles. The number of carbonyl (C=O) groups excluding carboxylic acids is 9. The molecule has 1 aliphatic rings. The number of nitrogens with two attached hydrogens (primary N) is 1. The van der Waals surface area contributed by atoms with Gasteiger partial charge in [0.15, 0.2) is 11.6 Å². The van der Waals surface area contributed by atoms with Crippen LogP contribution in [0.1, 0.15) is 98.5 Å². The Morgan fingerprint density at radius 3 is 2.00 bits per heavy atom. The number of nitrogens with zero attached hydrogens (tertiary/aromatic N) is 3. The highest BCUT2D eigenvalue weighted by Crippen LogP contribution is 2.25. The molecule has 0 aromatic heterocycles. The van der Waals surface area contributed by atoms with Crippen LogP contribution in [0.5, 0.6) is 0 Å². The number of nitrogens with one attached hydrogen (secondary N) is 3. The highest BCUT2D eigenvalue weighted by Gasteiger charge is 2.39. The summed E-state index contributed by atoms with van der Waals surface area (Å²) in [6, 6.07) is 4.99. The maximum atomic E-state index is 13.6. The number of rotatable bonds is 25. The molecule has 5 N–H and O–H groups in total. The number of carbonyl (C=O) groups is 9. The van der Waals surface area contributed by atoms with Gasteiger partial charge in [-0.15, -0.1) is 0 Å². The summed E-state index contributed by atoms with van der Waals surface area (Å²) in [7, 11) is 4.74. The van der Waals surface area contributed by atoms with Crippen LogP contribution in [0.3, 0.4) is 0 Å². The van der Waals surface area contributed by atoms with Crippen LogP contribution in [0.4, 0.5) is 15.3 Å². The zero-order valence-corrected chi connectivity index (χ0v) is 36.6. The first kappa shape index (κ1) is 50.5. The monoisotopic (exact) mass is 839 g/mol. The number of urea groups is 1. The van der Waals surface area contributed by atoms with E-state index in [1.807, 2.05) is 13.8 Å². The third-order valence-corrected chi connectivity index (χ3v) is 10.7. The normalized spacial score (nSPS) is 14.1. The smallest absolute Gasteiger partial charge is 0.410 e. The molecule has 1 aromatic carbocycles. The standard InChI is InChI=1S/C43H65N7O10/c1-27(2)32(40(57)48(7)8)25-34(52)43(5,6)49(9)42(59)60-26-29-16-18-31(19-17-29)46-39(56)30(14-13-22-45-41(44)58)24-33(51)38(28(3)4)47-35(53)15-11-10-12-23-50-36(54)20-21-37(50)55/h16-21,27-28,30,32,38H,10-15,22-26H2,1-9H3,(H,46,56)(H,47,53)(H3,44,45,58)/t30-,32+,38+/m1/s1. The van der Waals surface area contributed by atoms with E-state index >= 15 is 0 Å². The molecule has 1 heterocycles. The second kappa shape index (κ2) is 23.8. The van der Waals surface area contributed by atoms with Crippen molar-refractivity contribution in [3.05, 3.63) is 42.0 Å². The van der Waals surface area contributed by atoms with Crippen molar-refractivity contribution < 1.29 is 47.9 Å². The van der Waals surface area contributed by atoms with Crippen LogP contribution in [-0.4, -0.2) is 114 Å². The molecule has 332 valence electrons. The van der Waals surface area contributed by atoms with Gasteiger partial charge in [-0.25, -0.2) is 9.59 Å². The summed E-state index contributed by atoms with van der Waals surface area (Å²) in [6.07, 6.45) is 3.86. The van der Waals surface area contributed by atoms with Gasteiger partial charge in [-0.1, -0.05) is 46.2 Å². The van der Waals surface area contributed by atoms with Gasteiger partial charge in [0.1, 0.15) is 6.61 Å². The molecule has 0 saturated carbocycles. The number of likely N-dealkylation sites (N-methyl/N-ethyl adjacent to an activating group) is 1. The minimum absolute atomic E-state index is 0.0310. The fourth-order valence-electron chi connectivity index (χ4n) is 6.48. The van der Waals surface area contributed by atoms with Crippen LogP contribution in [0, 0.1) is 23.7 Å². The lowest BCUT2D eigenvalue weighted by Gasteiger charge is -2.35. The van der Waals surface area contributed by atoms with Crippen molar-refractivity contribution in [1.82, 2.24) is 25.3 Å². The molecule has 17 heteroatoms. The minimum atomic E-state index is -1.25. The van der Waals surface area contributed by atoms with Gasteiger partial charge in [0.05, 0.1) is 11.6 Å². The van der Waals surface area contributed by atoms with Gasteiger partial charge in [-0.2, -0.15) is 0 Å². The van der Waals surface area contributed by atoms with Crippen molar-refractivity contribution in [2.75, 3.05) is 39.5 Å². The first-order valence-corrected chi connectivity index (χ1v) is 20.5. The summed E-state index contributed by atoms with van der Waals surface area (Å²) in [5, 5.41) is 8.12. The molecule has 0 unspecified atom stereocenters. The quantitative estimate of drug-likeness (QED) is 0.0818. The summed E-state index contributed by atoms with van der Waals surface area (Å²) in [5.74, 6) is -3.93. The predicted octanol–water partition coefficient (Wildman–Crippen LogP) is 3.94. The Bertz CT molecular complexity index is 1720. The number of primary amides is 1. The Balaban J connectivity index is 2.00. The van der Waals surface area contributed by atoms with Gasteiger partial charge in [0.2, 0.25) is 17.7 Å². The fraction of sp³-hybridized carbons (Fsp3) is 0.605. The average molecular weight is 840 g/mol. The highest BCUT2D eigenvalue weighted by atomic mass is 16.6. The van der Waals surface area contributed by atoms with E-state index < -0.39 is 41.4 Å². The Morgan fingerprint density at radius 1 is 0.833 bits per heavy atom. The number of ketones is 2. The average Bonchev–Trinajstić information content (AvgIpc) is 3.50. The molecule has 0 aliphatic carbocycles. The van der Waals surface area contributed by atoms with E-state index in [0.717, 1.165) is 4.90 Å². The summed E-state index contributed by atoms with van der Waals surface area (Å²) in [5.41, 5.74) is 4.96. The molecule has 17 nitrogen and oxygen atoms in total. The zero-order chi connectivity index (χ0) is 45.3. The maximum Gasteiger partial charge on any atom is 0.410 e. The molecular weight excluding hydrogens is 775 g/mol. The van der Waals surface area contributed by atoms with Crippen LogP contribution in [0.25, 0.3) is 0 Å². The zero-order valence-electron chi connectivity index (χ0n) is 36.6. The van der Waals surface area contributed by atoms with Crippen molar-refractivity contribution in [3.8, 4) is 0 Å². The third kappa shape index (κ3) is 15.9. The lowest BCUT2D eigenvalue weighted by molar-refractivity contribution is -0.139. The molecule has 0 bridgehead atoms. The number of hydrogen-bond donors (Lipinski definition) is 4. The minimum Gasteiger partial charge on any atom is -0.445 e. The second-order valence-electron chi connectivity index (χ2n) is 16.6. The predicted molar refractivity (Wildman–Crippen MR) is 225 cm³/mol. The molecule has 0 fully saturated rings. The molecule has 3 atom stereocenters. The van der Waals surface area contributed by atoms with E-state index in [9.17, 15) is 43.2 Å². The number of imide groups is 1. The van der Waals surface area contributed by atoms with E-state index in [-0.39, 0.29) is 92.4 Å². The molecule has 8 amide bonds. The summed E-state index contributed by atoms with van der Waals surface area (Å²) < 4.78 is 5.51. The van der Waals surface area contributed by atoms with Crippen molar-refractivity contribution in [3.63, 3.8) is 0 Å². The van der Waals surface area contributed by atoms with E-state index in [1.54, 1.807) is 66.1 Å². The number of benzene rings is 1. The Kier molecular flexibility index (Phi) is 20.1. The summed E-state index contributed by atoms with van der Waals surface area (Å²) in [4.78, 5) is 118. The SMILES string of the molecule is CC(C)[C@H](CC(=O)C(C)(C)N(C)C(=O)OCc1ccc(NC(=O)[C@H](CCCNC(N)=O)CC(=O)[C@@H](NC(=O)CCCCCN2C(=O)C=CC2=O)C(C)C)cc1)C(=O)N(C)C. The third-order valence-electron chi connectivity index (χ3n) is 10.7. The number of unbranched alkanes of at least 4 members (excludes halogenated alkanes) is 2. The first-order valence-electron chi connectivity index (χ1n) is 20.5. The van der Waals surface area contributed by atoms with E-state index in [4.69, 9.17) is 10.5 Å². The van der Waals surface area contributed by atoms with Gasteiger partial charge in [0, 0.05) is 83.2 Å². The number of anilines is 1. The number of Topliss-reactive ketones (excluding diaryl/α,β-unsaturated/α-hetero) is 2. The molecule has 0 spiro atoms. The molecule has 0 radical (unpaired) electrons. The maximum absolute atomic E-state index is 13.6. The molecular formula is C43H65N7O10. The lowest BCUT2D eigenvalue weighted by atomic mass is 9.84. The fourth-order valence-corrected chi connectivity index (χ4v) is 6.48. The molecule has 60 heavy (non-hydrogen) atoms. The Labute approximate surface area is 353 Å². The van der Waals surface area contributed by atoms with Crippen molar-refractivity contribution in [2.24, 2.45) is 29.4 Å². The van der Waals surface area contributed by atoms with Crippen molar-refractivity contribution >= 4 is 58.9 Å². The van der Waals surface area contributed by atoms with Gasteiger partial charge in [0.25, 0.3) is 11.8 Å². The molecule has 1 aliphatic heterocycles. The lowest BCUT2D eigenvalue weighted by Crippen LogP contribution is -2.52. The Morgan fingerprint density at radius 2 is 1.45 bits per heavy atom. The second-order valence-corrected chi connectivity index (χ2v) is 16.6. The topological polar surface area (TPSA) is 235 Å². The Hall–Kier alpha value is -5.61. The van der Waals surface area contributed by atoms with Gasteiger partial charge >= 0.3 is 12.1 Å². The van der Waals surface area contributed by atoms with Crippen LogP contribution >= 0.6 is 0 Å². The number of ether oxygens (including phenoxy) is 1. The van der Waals surface area contributed by atoms with Crippen LogP contribution in [0.15, 0.2) is 36.4 Å². The van der Waals surface area contributed by atoms with Crippen LogP contribution in [0.2, 0.25) is 0 Å². The summed E-state index contributed by atoms with van der Waals surface area (Å²) >= 11 is 0. The van der Waals surface area contributed by atoms with Crippen LogP contribution in [-0.2, 0) is 44.9 Å². The van der Waals surface area contributed by atoms with Crippen molar-refractivity contribution in [1.29, 1.82) is 0 Å². The number of hydrogen-bond acceptors (Lipinski definition) is 10. The van der Waals surface area contributed by atoms with Gasteiger partial charge in [-0.05, 0) is 69.1 Å². The molecule has 2 rings (SSSR count). The highest BCUT2D eigenvalue weighted by molar-refractivity contribution is 6.12. The summed E-state index contributed by atoms with van der Waals surface area (Å²) in [6.45, 7) is 10.9. The molecule has 1 aromatic rings. The van der Waals surface area contributed by atoms with Gasteiger partial charge < -0.3 is 31.3 Å². The van der Waals surface area contributed by atoms with Gasteiger partial charge in [-0.3, -0.25) is 43.4 Å². The van der Waals surface area contributed by atoms with E-state index in [2.05, 4.69) is 16.0 Å². The largest absolute Gasteiger partial charge is 0.445 e. The van der Waals surface area contributed by atoms with Crippen LogP contribution < -0.4 is 21.7 Å². The van der Waals surface area contributed by atoms with E-state index in [1.165, 1.54) is 29.0 Å². The van der Waals surface area contributed by atoms with E-state index in [0.29, 0.717) is 36.9 Å². The van der Waals surface area contributed by atoms with Crippen molar-refractivity contribution in [2.45, 2.75) is 111 Å². The number of amides is 8. The first-order chi connectivity index (χ1) is 28.1.